The fourth-order valence-electron chi connectivity index (χ4n) is 2.19. The van der Waals surface area contributed by atoms with E-state index < -0.39 is 11.0 Å². The van der Waals surface area contributed by atoms with E-state index in [1.807, 2.05) is 0 Å². The summed E-state index contributed by atoms with van der Waals surface area (Å²) < 4.78 is 5.11. The maximum absolute atomic E-state index is 12.1. The minimum Gasteiger partial charge on any atom is -0.465 e. The molecular weight excluding hydrogens is 228 g/mol. The van der Waals surface area contributed by atoms with Gasteiger partial charge in [0.25, 0.3) is 0 Å². The van der Waals surface area contributed by atoms with Crippen molar-refractivity contribution in [2.75, 3.05) is 6.61 Å². The molecule has 108 valence electrons. The van der Waals surface area contributed by atoms with Crippen LogP contribution < -0.4 is 0 Å². The summed E-state index contributed by atoms with van der Waals surface area (Å²) in [5.74, 6) is -0.292. The normalized spacial score (nSPS) is 12.6. The zero-order valence-electron chi connectivity index (χ0n) is 12.7. The van der Waals surface area contributed by atoms with Crippen molar-refractivity contribution in [1.29, 1.82) is 0 Å². The third-order valence-corrected chi connectivity index (χ3v) is 3.84. The molecule has 0 bridgehead atoms. The molecule has 0 aromatic heterocycles. The standard InChI is InChI=1S/C15H30O3/c1-6-9-11-15(17,12-10-7-2)14(4,5)13(16)18-8-3/h17H,6-12H2,1-5H3. The molecule has 0 aliphatic carbocycles. The van der Waals surface area contributed by atoms with Gasteiger partial charge in [-0.05, 0) is 33.6 Å². The molecular formula is C15H30O3. The molecule has 0 heterocycles. The van der Waals surface area contributed by atoms with Crippen molar-refractivity contribution in [3.63, 3.8) is 0 Å². The average Bonchev–Trinajstić information content (AvgIpc) is 2.33. The number of hydrogen-bond acceptors (Lipinski definition) is 3. The van der Waals surface area contributed by atoms with E-state index >= 15 is 0 Å². The predicted octanol–water partition coefficient (Wildman–Crippen LogP) is 3.69. The Morgan fingerprint density at radius 3 is 1.83 bits per heavy atom. The van der Waals surface area contributed by atoms with Crippen LogP contribution in [0.1, 0.15) is 73.1 Å². The lowest BCUT2D eigenvalue weighted by Crippen LogP contribution is -2.50. The Balaban J connectivity index is 4.95. The van der Waals surface area contributed by atoms with Crippen LogP contribution in [-0.2, 0) is 9.53 Å². The van der Waals surface area contributed by atoms with Gasteiger partial charge in [0.15, 0.2) is 0 Å². The zero-order valence-corrected chi connectivity index (χ0v) is 12.7. The van der Waals surface area contributed by atoms with Crippen molar-refractivity contribution in [2.45, 2.75) is 78.7 Å². The van der Waals surface area contributed by atoms with Crippen LogP contribution in [0.5, 0.6) is 0 Å². The van der Waals surface area contributed by atoms with Crippen molar-refractivity contribution in [3.8, 4) is 0 Å². The Hall–Kier alpha value is -0.570. The van der Waals surface area contributed by atoms with Crippen LogP contribution in [0, 0.1) is 5.41 Å². The molecule has 0 amide bonds. The van der Waals surface area contributed by atoms with E-state index in [0.29, 0.717) is 19.4 Å². The molecule has 0 aliphatic rings. The number of unbranched alkanes of at least 4 members (excludes halogenated alkanes) is 2. The van der Waals surface area contributed by atoms with Gasteiger partial charge in [-0.15, -0.1) is 0 Å². The lowest BCUT2D eigenvalue weighted by Gasteiger charge is -2.41. The van der Waals surface area contributed by atoms with Crippen LogP contribution in [0.3, 0.4) is 0 Å². The SMILES string of the molecule is CCCCC(O)(CCCC)C(C)(C)C(=O)OCC. The molecule has 0 saturated heterocycles. The summed E-state index contributed by atoms with van der Waals surface area (Å²) in [5, 5.41) is 10.9. The van der Waals surface area contributed by atoms with Gasteiger partial charge >= 0.3 is 5.97 Å². The number of rotatable bonds is 9. The van der Waals surface area contributed by atoms with Crippen molar-refractivity contribution in [2.24, 2.45) is 5.41 Å². The third-order valence-electron chi connectivity index (χ3n) is 3.84. The summed E-state index contributed by atoms with van der Waals surface area (Å²) in [6.07, 6.45) is 5.23. The molecule has 0 spiro atoms. The topological polar surface area (TPSA) is 46.5 Å². The highest BCUT2D eigenvalue weighted by Crippen LogP contribution is 2.40. The van der Waals surface area contributed by atoms with Crippen molar-refractivity contribution in [1.82, 2.24) is 0 Å². The second kappa shape index (κ2) is 7.78. The molecule has 0 atom stereocenters. The monoisotopic (exact) mass is 258 g/mol. The molecule has 0 saturated carbocycles. The van der Waals surface area contributed by atoms with E-state index in [9.17, 15) is 9.90 Å². The first-order valence-corrected chi connectivity index (χ1v) is 7.25. The molecule has 0 aromatic carbocycles. The quantitative estimate of drug-likeness (QED) is 0.642. The Kier molecular flexibility index (Phi) is 7.53. The number of carbonyl (C=O) groups is 1. The number of aliphatic hydroxyl groups is 1. The van der Waals surface area contributed by atoms with Crippen LogP contribution in [-0.4, -0.2) is 23.3 Å². The van der Waals surface area contributed by atoms with Gasteiger partial charge in [0.05, 0.1) is 17.6 Å². The number of ether oxygens (including phenoxy) is 1. The number of carbonyl (C=O) groups excluding carboxylic acids is 1. The molecule has 0 rings (SSSR count). The maximum Gasteiger partial charge on any atom is 0.314 e. The van der Waals surface area contributed by atoms with E-state index in [0.717, 1.165) is 25.7 Å². The molecule has 0 radical (unpaired) electrons. The third kappa shape index (κ3) is 4.27. The van der Waals surface area contributed by atoms with Gasteiger partial charge in [-0.2, -0.15) is 0 Å². The smallest absolute Gasteiger partial charge is 0.314 e. The summed E-state index contributed by atoms with van der Waals surface area (Å²) in [4.78, 5) is 12.1. The van der Waals surface area contributed by atoms with Gasteiger partial charge in [-0.25, -0.2) is 0 Å². The maximum atomic E-state index is 12.1. The van der Waals surface area contributed by atoms with E-state index in [1.165, 1.54) is 0 Å². The summed E-state index contributed by atoms with van der Waals surface area (Å²) in [7, 11) is 0. The minimum atomic E-state index is -0.953. The van der Waals surface area contributed by atoms with Crippen LogP contribution in [0.25, 0.3) is 0 Å². The van der Waals surface area contributed by atoms with Crippen LogP contribution in [0.15, 0.2) is 0 Å². The Labute approximate surface area is 112 Å². The summed E-state index contributed by atoms with van der Waals surface area (Å²) >= 11 is 0. The van der Waals surface area contributed by atoms with Crippen LogP contribution in [0.2, 0.25) is 0 Å². The van der Waals surface area contributed by atoms with E-state index in [2.05, 4.69) is 13.8 Å². The molecule has 3 heteroatoms. The fourth-order valence-corrected chi connectivity index (χ4v) is 2.19. The first-order valence-electron chi connectivity index (χ1n) is 7.25. The minimum absolute atomic E-state index is 0.292. The second-order valence-corrected chi connectivity index (χ2v) is 5.58. The molecule has 0 aromatic rings. The van der Waals surface area contributed by atoms with Gasteiger partial charge < -0.3 is 9.84 Å². The van der Waals surface area contributed by atoms with Gasteiger partial charge in [0.2, 0.25) is 0 Å². The Morgan fingerprint density at radius 1 is 1.06 bits per heavy atom. The Morgan fingerprint density at radius 2 is 1.50 bits per heavy atom. The molecule has 0 fully saturated rings. The van der Waals surface area contributed by atoms with Crippen molar-refractivity contribution < 1.29 is 14.6 Å². The first kappa shape index (κ1) is 17.4. The number of hydrogen-bond donors (Lipinski definition) is 1. The van der Waals surface area contributed by atoms with E-state index in [1.54, 1.807) is 20.8 Å². The second-order valence-electron chi connectivity index (χ2n) is 5.58. The van der Waals surface area contributed by atoms with Crippen molar-refractivity contribution >= 4 is 5.97 Å². The fraction of sp³-hybridized carbons (Fsp3) is 0.933. The summed E-state index contributed by atoms with van der Waals surface area (Å²) in [5.41, 5.74) is -1.79. The van der Waals surface area contributed by atoms with Crippen molar-refractivity contribution in [3.05, 3.63) is 0 Å². The lowest BCUT2D eigenvalue weighted by atomic mass is 9.69. The first-order chi connectivity index (χ1) is 8.35. The average molecular weight is 258 g/mol. The van der Waals surface area contributed by atoms with Gasteiger partial charge in [-0.1, -0.05) is 39.5 Å². The highest BCUT2D eigenvalue weighted by Gasteiger charge is 2.48. The number of esters is 1. The molecule has 3 nitrogen and oxygen atoms in total. The molecule has 18 heavy (non-hydrogen) atoms. The van der Waals surface area contributed by atoms with Gasteiger partial charge in [-0.3, -0.25) is 4.79 Å². The van der Waals surface area contributed by atoms with E-state index in [-0.39, 0.29) is 5.97 Å². The van der Waals surface area contributed by atoms with Crippen LogP contribution >= 0.6 is 0 Å². The predicted molar refractivity (Wildman–Crippen MR) is 74.4 cm³/mol. The van der Waals surface area contributed by atoms with Crippen LogP contribution in [0.4, 0.5) is 0 Å². The Bertz CT molecular complexity index is 238. The summed E-state index contributed by atoms with van der Waals surface area (Å²) in [6, 6.07) is 0. The lowest BCUT2D eigenvalue weighted by molar-refractivity contribution is -0.173. The van der Waals surface area contributed by atoms with E-state index in [4.69, 9.17) is 4.74 Å². The zero-order chi connectivity index (χ0) is 14.2. The molecule has 0 unspecified atom stereocenters. The van der Waals surface area contributed by atoms with Gasteiger partial charge in [0, 0.05) is 0 Å². The highest BCUT2D eigenvalue weighted by molar-refractivity contribution is 5.77. The highest BCUT2D eigenvalue weighted by atomic mass is 16.5. The molecule has 1 N–H and O–H groups in total. The van der Waals surface area contributed by atoms with Gasteiger partial charge in [0.1, 0.15) is 0 Å². The largest absolute Gasteiger partial charge is 0.465 e. The summed E-state index contributed by atoms with van der Waals surface area (Å²) in [6.45, 7) is 9.95. The molecule has 0 aliphatic heterocycles.